The fourth-order valence-corrected chi connectivity index (χ4v) is 3.87. The summed E-state index contributed by atoms with van der Waals surface area (Å²) in [6.45, 7) is 2.94. The average molecular weight is 489 g/mol. The van der Waals surface area contributed by atoms with E-state index in [0.29, 0.717) is 42.3 Å². The molecule has 0 saturated heterocycles. The lowest BCUT2D eigenvalue weighted by atomic mass is 10.0. The van der Waals surface area contributed by atoms with Crippen LogP contribution in [0.1, 0.15) is 18.5 Å². The molecular formula is C26H28N6O4. The van der Waals surface area contributed by atoms with E-state index >= 15 is 0 Å². The first-order valence-corrected chi connectivity index (χ1v) is 11.6. The third kappa shape index (κ3) is 5.66. The molecule has 0 fully saturated rings. The number of aromatic nitrogens is 4. The molecule has 0 bridgehead atoms. The Morgan fingerprint density at radius 2 is 1.89 bits per heavy atom. The molecule has 2 heterocycles. The number of fused-ring (bicyclic) bond motifs is 1. The summed E-state index contributed by atoms with van der Waals surface area (Å²) in [5.41, 5.74) is 2.50. The Balaban J connectivity index is 1.75. The highest BCUT2D eigenvalue weighted by Gasteiger charge is 2.33. The summed E-state index contributed by atoms with van der Waals surface area (Å²) >= 11 is 0. The van der Waals surface area contributed by atoms with Crippen molar-refractivity contribution in [1.82, 2.24) is 25.3 Å². The smallest absolute Gasteiger partial charge is 0.249 e. The molecule has 2 aromatic heterocycles. The zero-order chi connectivity index (χ0) is 25.3. The van der Waals surface area contributed by atoms with Crippen molar-refractivity contribution in [3.8, 4) is 5.75 Å². The SMILES string of the molecule is CCOc1ccc(N(C(=O)Cn2nnc3ccccc32)[C@H](C(=O)NCCOC)c2cccnc2)cc1. The second-order valence-corrected chi connectivity index (χ2v) is 7.90. The maximum absolute atomic E-state index is 13.9. The van der Waals surface area contributed by atoms with Gasteiger partial charge < -0.3 is 14.8 Å². The molecule has 0 spiro atoms. The van der Waals surface area contributed by atoms with Crippen LogP contribution >= 0.6 is 0 Å². The molecule has 10 nitrogen and oxygen atoms in total. The van der Waals surface area contributed by atoms with Gasteiger partial charge in [-0.2, -0.15) is 0 Å². The highest BCUT2D eigenvalue weighted by atomic mass is 16.5. The summed E-state index contributed by atoms with van der Waals surface area (Å²) in [6.07, 6.45) is 3.20. The summed E-state index contributed by atoms with van der Waals surface area (Å²) in [6, 6.07) is 17.0. The van der Waals surface area contributed by atoms with Crippen molar-refractivity contribution in [2.24, 2.45) is 0 Å². The fourth-order valence-electron chi connectivity index (χ4n) is 3.87. The molecule has 0 aliphatic carbocycles. The van der Waals surface area contributed by atoms with Crippen molar-refractivity contribution in [1.29, 1.82) is 0 Å². The van der Waals surface area contributed by atoms with Crippen molar-refractivity contribution < 1.29 is 19.1 Å². The summed E-state index contributed by atoms with van der Waals surface area (Å²) in [5.74, 6) is -0.0327. The minimum absolute atomic E-state index is 0.115. The molecule has 4 rings (SSSR count). The Labute approximate surface area is 208 Å². The summed E-state index contributed by atoms with van der Waals surface area (Å²) in [7, 11) is 1.56. The number of methoxy groups -OCH3 is 1. The number of para-hydroxylation sites is 1. The van der Waals surface area contributed by atoms with Crippen LogP contribution in [0.25, 0.3) is 11.0 Å². The van der Waals surface area contributed by atoms with E-state index in [1.165, 1.54) is 9.58 Å². The molecule has 36 heavy (non-hydrogen) atoms. The van der Waals surface area contributed by atoms with E-state index < -0.39 is 6.04 Å². The van der Waals surface area contributed by atoms with Crippen molar-refractivity contribution in [2.75, 3.05) is 31.8 Å². The van der Waals surface area contributed by atoms with Crippen molar-refractivity contribution in [3.63, 3.8) is 0 Å². The number of amides is 2. The van der Waals surface area contributed by atoms with Gasteiger partial charge in [-0.15, -0.1) is 5.10 Å². The van der Waals surface area contributed by atoms with Gasteiger partial charge in [0.1, 0.15) is 23.9 Å². The van der Waals surface area contributed by atoms with Crippen LogP contribution in [0.5, 0.6) is 5.75 Å². The minimum atomic E-state index is -0.976. The van der Waals surface area contributed by atoms with Gasteiger partial charge in [0.25, 0.3) is 0 Å². The molecule has 1 N–H and O–H groups in total. The van der Waals surface area contributed by atoms with Crippen LogP contribution < -0.4 is 15.0 Å². The van der Waals surface area contributed by atoms with E-state index in [4.69, 9.17) is 9.47 Å². The molecule has 0 unspecified atom stereocenters. The number of hydrogen-bond acceptors (Lipinski definition) is 7. The van der Waals surface area contributed by atoms with Crippen LogP contribution in [-0.2, 0) is 20.9 Å². The van der Waals surface area contributed by atoms with Gasteiger partial charge in [0.05, 0.1) is 18.7 Å². The van der Waals surface area contributed by atoms with E-state index in [9.17, 15) is 9.59 Å². The van der Waals surface area contributed by atoms with Crippen molar-refractivity contribution in [2.45, 2.75) is 19.5 Å². The highest BCUT2D eigenvalue weighted by Crippen LogP contribution is 2.30. The molecule has 186 valence electrons. The van der Waals surface area contributed by atoms with Gasteiger partial charge in [0.2, 0.25) is 11.8 Å². The van der Waals surface area contributed by atoms with Crippen molar-refractivity contribution in [3.05, 3.63) is 78.6 Å². The topological polar surface area (TPSA) is 111 Å². The Hall–Kier alpha value is -4.31. The predicted molar refractivity (Wildman–Crippen MR) is 134 cm³/mol. The Morgan fingerprint density at radius 1 is 1.08 bits per heavy atom. The maximum atomic E-state index is 13.9. The second-order valence-electron chi connectivity index (χ2n) is 7.90. The average Bonchev–Trinajstić information content (AvgIpc) is 3.31. The number of rotatable bonds is 11. The standard InChI is InChI=1S/C26H28N6O4/c1-3-36-21-12-10-20(11-13-21)32(24(33)18-31-23-9-5-4-8-22(23)29-30-31)25(19-7-6-14-27-17-19)26(34)28-15-16-35-2/h4-14,17,25H,3,15-16,18H2,1-2H3,(H,28,34)/t25-/m0/s1. The summed E-state index contributed by atoms with van der Waals surface area (Å²) in [4.78, 5) is 33.0. The van der Waals surface area contributed by atoms with Gasteiger partial charge in [-0.05, 0) is 49.4 Å². The number of nitrogens with one attached hydrogen (secondary N) is 1. The van der Waals surface area contributed by atoms with Gasteiger partial charge in [-0.1, -0.05) is 23.4 Å². The Morgan fingerprint density at radius 3 is 2.61 bits per heavy atom. The van der Waals surface area contributed by atoms with Crippen LogP contribution in [0.3, 0.4) is 0 Å². The number of ether oxygens (including phenoxy) is 2. The third-order valence-electron chi connectivity index (χ3n) is 5.51. The lowest BCUT2D eigenvalue weighted by Gasteiger charge is -2.31. The number of hydrogen-bond donors (Lipinski definition) is 1. The van der Waals surface area contributed by atoms with Crippen LogP contribution in [0.2, 0.25) is 0 Å². The first-order valence-electron chi connectivity index (χ1n) is 11.6. The van der Waals surface area contributed by atoms with Crippen LogP contribution in [0.15, 0.2) is 73.1 Å². The number of pyridine rings is 1. The molecule has 2 aromatic carbocycles. The maximum Gasteiger partial charge on any atom is 0.249 e. The summed E-state index contributed by atoms with van der Waals surface area (Å²) in [5, 5.41) is 11.2. The number of nitrogens with zero attached hydrogens (tertiary/aromatic N) is 5. The van der Waals surface area contributed by atoms with E-state index in [2.05, 4.69) is 20.6 Å². The predicted octanol–water partition coefficient (Wildman–Crippen LogP) is 2.76. The quantitative estimate of drug-likeness (QED) is 0.323. The molecule has 0 radical (unpaired) electrons. The molecule has 0 aliphatic rings. The normalized spacial score (nSPS) is 11.7. The minimum Gasteiger partial charge on any atom is -0.494 e. The van der Waals surface area contributed by atoms with Gasteiger partial charge in [0.15, 0.2) is 0 Å². The molecule has 4 aromatic rings. The van der Waals surface area contributed by atoms with E-state index in [1.807, 2.05) is 31.2 Å². The lowest BCUT2D eigenvalue weighted by Crippen LogP contribution is -2.46. The van der Waals surface area contributed by atoms with E-state index in [1.54, 1.807) is 55.9 Å². The monoisotopic (exact) mass is 488 g/mol. The zero-order valence-corrected chi connectivity index (χ0v) is 20.2. The highest BCUT2D eigenvalue weighted by molar-refractivity contribution is 6.01. The first-order chi connectivity index (χ1) is 17.6. The lowest BCUT2D eigenvalue weighted by molar-refractivity contribution is -0.127. The number of anilines is 1. The third-order valence-corrected chi connectivity index (χ3v) is 5.51. The van der Waals surface area contributed by atoms with Crippen molar-refractivity contribution >= 4 is 28.5 Å². The molecule has 10 heteroatoms. The van der Waals surface area contributed by atoms with Gasteiger partial charge >= 0.3 is 0 Å². The van der Waals surface area contributed by atoms with Gasteiger partial charge in [-0.3, -0.25) is 19.5 Å². The molecular weight excluding hydrogens is 460 g/mol. The van der Waals surface area contributed by atoms with Crippen LogP contribution in [-0.4, -0.2) is 58.7 Å². The molecule has 0 aliphatic heterocycles. The Bertz CT molecular complexity index is 1290. The van der Waals surface area contributed by atoms with Crippen LogP contribution in [0, 0.1) is 0 Å². The molecule has 2 amide bonds. The van der Waals surface area contributed by atoms with E-state index in [-0.39, 0.29) is 18.4 Å². The molecule has 0 saturated carbocycles. The molecule has 1 atom stereocenters. The number of benzene rings is 2. The second kappa shape index (κ2) is 11.9. The van der Waals surface area contributed by atoms with Gasteiger partial charge in [0, 0.05) is 37.3 Å². The Kier molecular flexibility index (Phi) is 8.20. The largest absolute Gasteiger partial charge is 0.494 e. The number of carbonyl (C=O) groups is 2. The van der Waals surface area contributed by atoms with Crippen LogP contribution in [0.4, 0.5) is 5.69 Å². The fraction of sp³-hybridized carbons (Fsp3) is 0.269. The van der Waals surface area contributed by atoms with E-state index in [0.717, 1.165) is 5.52 Å². The summed E-state index contributed by atoms with van der Waals surface area (Å²) < 4.78 is 12.2. The first kappa shape index (κ1) is 24.8. The van der Waals surface area contributed by atoms with Gasteiger partial charge in [-0.25, -0.2) is 4.68 Å². The number of carbonyl (C=O) groups excluding carboxylic acids is 2. The zero-order valence-electron chi connectivity index (χ0n) is 20.2.